The van der Waals surface area contributed by atoms with E-state index in [0.29, 0.717) is 6.61 Å². The van der Waals surface area contributed by atoms with Crippen LogP contribution in [0.5, 0.6) is 0 Å². The summed E-state index contributed by atoms with van der Waals surface area (Å²) in [5, 5.41) is 9.67. The second-order valence-electron chi connectivity index (χ2n) is 4.75. The molecular formula is C11H21NO4S. The number of carbonyl (C=O) groups is 1. The third kappa shape index (κ3) is 3.58. The molecule has 100 valence electrons. The molecule has 0 aromatic rings. The fourth-order valence-electron chi connectivity index (χ4n) is 1.72. The molecule has 6 heteroatoms. The zero-order valence-electron chi connectivity index (χ0n) is 11.0. The van der Waals surface area contributed by atoms with Gasteiger partial charge in [-0.2, -0.15) is 0 Å². The topological polar surface area (TPSA) is 59.0 Å². The molecule has 3 atom stereocenters. The van der Waals surface area contributed by atoms with Gasteiger partial charge in [0.25, 0.3) is 0 Å². The lowest BCUT2D eigenvalue weighted by molar-refractivity contribution is -0.154. The molecule has 1 aliphatic rings. The van der Waals surface area contributed by atoms with E-state index in [1.54, 1.807) is 34.2 Å². The molecule has 1 heterocycles. The van der Waals surface area contributed by atoms with Crippen molar-refractivity contribution in [2.75, 3.05) is 27.0 Å². The van der Waals surface area contributed by atoms with Crippen LogP contribution in [-0.2, 0) is 14.3 Å². The van der Waals surface area contributed by atoms with Crippen molar-refractivity contribution >= 4 is 17.7 Å². The van der Waals surface area contributed by atoms with Crippen molar-refractivity contribution in [2.45, 2.75) is 37.1 Å². The van der Waals surface area contributed by atoms with Crippen LogP contribution in [-0.4, -0.2) is 66.1 Å². The minimum absolute atomic E-state index is 0.113. The number of nitrogens with zero attached hydrogens (tertiary/aromatic N) is 1. The number of carbonyl (C=O) groups excluding carboxylic acids is 1. The summed E-state index contributed by atoms with van der Waals surface area (Å²) in [5.41, 5.74) is 0. The van der Waals surface area contributed by atoms with Gasteiger partial charge in [0, 0.05) is 14.1 Å². The Hall–Kier alpha value is -0.300. The number of aliphatic hydroxyl groups excluding tert-OH is 1. The Morgan fingerprint density at radius 3 is 2.47 bits per heavy atom. The summed E-state index contributed by atoms with van der Waals surface area (Å²) in [6.45, 7) is 3.90. The number of amides is 1. The van der Waals surface area contributed by atoms with E-state index in [-0.39, 0.29) is 5.91 Å². The molecule has 1 fully saturated rings. The maximum Gasteiger partial charge on any atom is 0.237 e. The molecule has 1 amide bonds. The minimum Gasteiger partial charge on any atom is -0.389 e. The van der Waals surface area contributed by atoms with Crippen LogP contribution in [0.4, 0.5) is 0 Å². The third-order valence-corrected chi connectivity index (χ3v) is 3.65. The van der Waals surface area contributed by atoms with Crippen LogP contribution in [0.1, 0.15) is 13.8 Å². The second kappa shape index (κ2) is 5.56. The van der Waals surface area contributed by atoms with Crippen LogP contribution in [0.25, 0.3) is 0 Å². The van der Waals surface area contributed by atoms with Crippen LogP contribution >= 0.6 is 11.8 Å². The van der Waals surface area contributed by atoms with Crippen molar-refractivity contribution < 1.29 is 19.4 Å². The standard InChI is InChI=1S/C11H21NO4S/c1-11(2)15-6-7(16-11)8(13)9(17-5)10(14)12(3)4/h7-9,13H,6H2,1-5H3/t7-,8-,9+/m1/s1. The Bertz CT molecular complexity index is 283. The molecule has 0 aromatic carbocycles. The molecule has 0 saturated carbocycles. The number of ether oxygens (including phenoxy) is 2. The maximum atomic E-state index is 11.9. The highest BCUT2D eigenvalue weighted by atomic mass is 32.2. The van der Waals surface area contributed by atoms with Gasteiger partial charge in [0.2, 0.25) is 5.91 Å². The van der Waals surface area contributed by atoms with E-state index in [1.807, 2.05) is 0 Å². The summed E-state index contributed by atoms with van der Waals surface area (Å²) in [5.74, 6) is -0.797. The van der Waals surface area contributed by atoms with E-state index in [4.69, 9.17) is 9.47 Å². The minimum atomic E-state index is -0.860. The fourth-order valence-corrected chi connectivity index (χ4v) is 2.59. The van der Waals surface area contributed by atoms with Crippen molar-refractivity contribution in [1.82, 2.24) is 4.90 Å². The van der Waals surface area contributed by atoms with E-state index in [0.717, 1.165) is 0 Å². The summed E-state index contributed by atoms with van der Waals surface area (Å²) in [4.78, 5) is 13.4. The molecule has 0 unspecified atom stereocenters. The first-order chi connectivity index (χ1) is 7.78. The zero-order valence-corrected chi connectivity index (χ0v) is 11.8. The van der Waals surface area contributed by atoms with Gasteiger partial charge in [-0.05, 0) is 20.1 Å². The predicted octanol–water partition coefficient (Wildman–Crippen LogP) is 0.319. The predicted molar refractivity (Wildman–Crippen MR) is 66.9 cm³/mol. The van der Waals surface area contributed by atoms with E-state index in [1.165, 1.54) is 16.7 Å². The van der Waals surface area contributed by atoms with Crippen molar-refractivity contribution in [3.8, 4) is 0 Å². The summed E-state index contributed by atoms with van der Waals surface area (Å²) < 4.78 is 11.0. The number of thioether (sulfide) groups is 1. The normalized spacial score (nSPS) is 26.6. The first-order valence-corrected chi connectivity index (χ1v) is 6.81. The number of hydrogen-bond donors (Lipinski definition) is 1. The van der Waals surface area contributed by atoms with Crippen LogP contribution in [0.3, 0.4) is 0 Å². The molecule has 5 nitrogen and oxygen atoms in total. The molecule has 0 aromatic heterocycles. The quantitative estimate of drug-likeness (QED) is 0.791. The Labute approximate surface area is 106 Å². The zero-order chi connectivity index (χ0) is 13.2. The number of aliphatic hydroxyl groups is 1. The van der Waals surface area contributed by atoms with Crippen LogP contribution in [0.2, 0.25) is 0 Å². The van der Waals surface area contributed by atoms with Crippen LogP contribution < -0.4 is 0 Å². The lowest BCUT2D eigenvalue weighted by Gasteiger charge is -2.27. The van der Waals surface area contributed by atoms with Gasteiger partial charge in [-0.3, -0.25) is 4.79 Å². The average Bonchev–Trinajstić information content (AvgIpc) is 2.59. The summed E-state index contributed by atoms with van der Waals surface area (Å²) in [6.07, 6.45) is 0.490. The van der Waals surface area contributed by atoms with Crippen molar-refractivity contribution in [1.29, 1.82) is 0 Å². The molecule has 0 bridgehead atoms. The van der Waals surface area contributed by atoms with Gasteiger partial charge in [-0.1, -0.05) is 0 Å². The smallest absolute Gasteiger partial charge is 0.237 e. The van der Waals surface area contributed by atoms with E-state index >= 15 is 0 Å². The van der Waals surface area contributed by atoms with Gasteiger partial charge in [0.05, 0.1) is 6.61 Å². The second-order valence-corrected chi connectivity index (χ2v) is 5.73. The molecular weight excluding hydrogens is 242 g/mol. The molecule has 17 heavy (non-hydrogen) atoms. The van der Waals surface area contributed by atoms with Crippen molar-refractivity contribution in [3.63, 3.8) is 0 Å². The van der Waals surface area contributed by atoms with Gasteiger partial charge >= 0.3 is 0 Å². The molecule has 1 N–H and O–H groups in total. The highest BCUT2D eigenvalue weighted by Gasteiger charge is 2.42. The fraction of sp³-hybridized carbons (Fsp3) is 0.909. The van der Waals surface area contributed by atoms with Crippen LogP contribution in [0, 0.1) is 0 Å². The van der Waals surface area contributed by atoms with E-state index < -0.39 is 23.2 Å². The molecule has 0 spiro atoms. The van der Waals surface area contributed by atoms with Gasteiger partial charge in [-0.15, -0.1) is 11.8 Å². The first-order valence-electron chi connectivity index (χ1n) is 5.52. The highest BCUT2D eigenvalue weighted by Crippen LogP contribution is 2.28. The van der Waals surface area contributed by atoms with Crippen molar-refractivity contribution in [3.05, 3.63) is 0 Å². The Kier molecular flexibility index (Phi) is 4.83. The third-order valence-electron chi connectivity index (χ3n) is 2.66. The van der Waals surface area contributed by atoms with E-state index in [9.17, 15) is 9.90 Å². The lowest BCUT2D eigenvalue weighted by Crippen LogP contribution is -2.46. The molecule has 1 aliphatic heterocycles. The monoisotopic (exact) mass is 263 g/mol. The van der Waals surface area contributed by atoms with E-state index in [2.05, 4.69) is 0 Å². The lowest BCUT2D eigenvalue weighted by atomic mass is 10.1. The SMILES string of the molecule is CS[C@H](C(=O)N(C)C)[C@H](O)[C@H]1COC(C)(C)O1. The van der Waals surface area contributed by atoms with Gasteiger partial charge in [0.1, 0.15) is 17.5 Å². The molecule has 1 rings (SSSR count). The Morgan fingerprint density at radius 2 is 2.12 bits per heavy atom. The Morgan fingerprint density at radius 1 is 1.53 bits per heavy atom. The average molecular weight is 263 g/mol. The van der Waals surface area contributed by atoms with Gasteiger partial charge in [0.15, 0.2) is 5.79 Å². The summed E-state index contributed by atoms with van der Waals surface area (Å²) in [7, 11) is 3.35. The van der Waals surface area contributed by atoms with Crippen LogP contribution in [0.15, 0.2) is 0 Å². The summed E-state index contributed by atoms with van der Waals surface area (Å²) in [6, 6.07) is 0. The molecule has 0 radical (unpaired) electrons. The first kappa shape index (κ1) is 14.8. The summed E-state index contributed by atoms with van der Waals surface area (Å²) >= 11 is 1.32. The largest absolute Gasteiger partial charge is 0.389 e. The maximum absolute atomic E-state index is 11.9. The molecule has 1 saturated heterocycles. The number of hydrogen-bond acceptors (Lipinski definition) is 5. The van der Waals surface area contributed by atoms with Gasteiger partial charge < -0.3 is 19.5 Å². The number of rotatable bonds is 4. The highest BCUT2D eigenvalue weighted by molar-refractivity contribution is 8.00. The Balaban J connectivity index is 2.67. The molecule has 0 aliphatic carbocycles. The van der Waals surface area contributed by atoms with Crippen molar-refractivity contribution in [2.24, 2.45) is 0 Å². The van der Waals surface area contributed by atoms with Gasteiger partial charge in [-0.25, -0.2) is 0 Å².